The third kappa shape index (κ3) is 5.79. The van der Waals surface area contributed by atoms with Crippen molar-refractivity contribution in [3.63, 3.8) is 0 Å². The van der Waals surface area contributed by atoms with E-state index >= 15 is 0 Å². The minimum Gasteiger partial charge on any atom is -0.467 e. The maximum atomic E-state index is 12.3. The van der Waals surface area contributed by atoms with Gasteiger partial charge in [0.15, 0.2) is 6.61 Å². The molecule has 8 nitrogen and oxygen atoms in total. The highest BCUT2D eigenvalue weighted by Crippen LogP contribution is 2.12. The summed E-state index contributed by atoms with van der Waals surface area (Å²) >= 11 is 0. The molecule has 0 unspecified atom stereocenters. The Bertz CT molecular complexity index is 1040. The topological polar surface area (TPSA) is 99.5 Å². The molecule has 1 heterocycles. The molecule has 3 rings (SSSR count). The van der Waals surface area contributed by atoms with E-state index < -0.39 is 30.5 Å². The van der Waals surface area contributed by atoms with Gasteiger partial charge in [0.05, 0.1) is 18.4 Å². The van der Waals surface area contributed by atoms with Gasteiger partial charge >= 0.3 is 11.9 Å². The fourth-order valence-electron chi connectivity index (χ4n) is 3.01. The van der Waals surface area contributed by atoms with E-state index in [1.807, 2.05) is 43.3 Å². The highest BCUT2D eigenvalue weighted by atomic mass is 16.5. The molecule has 0 aliphatic rings. The number of hydrogen-bond acceptors (Lipinski definition) is 6. The lowest BCUT2D eigenvalue weighted by Gasteiger charge is -2.16. The molecule has 3 aromatic rings. The zero-order valence-electron chi connectivity index (χ0n) is 17.3. The molecule has 0 aliphatic heterocycles. The number of methoxy groups -OCH3 is 1. The molecule has 0 radical (unpaired) electrons. The molecule has 1 aromatic heterocycles. The monoisotopic (exact) mass is 421 g/mol. The van der Waals surface area contributed by atoms with Gasteiger partial charge in [0.2, 0.25) is 0 Å². The number of aryl methyl sites for hydroxylation is 1. The van der Waals surface area contributed by atoms with Crippen LogP contribution in [-0.2, 0) is 25.5 Å². The Morgan fingerprint density at radius 1 is 1.03 bits per heavy atom. The number of aromatic nitrogens is 2. The maximum absolute atomic E-state index is 12.3. The van der Waals surface area contributed by atoms with Crippen LogP contribution in [0.5, 0.6) is 0 Å². The summed E-state index contributed by atoms with van der Waals surface area (Å²) in [4.78, 5) is 36.5. The quantitative estimate of drug-likeness (QED) is 0.560. The molecule has 1 N–H and O–H groups in total. The highest BCUT2D eigenvalue weighted by molar-refractivity contribution is 5.92. The van der Waals surface area contributed by atoms with Crippen molar-refractivity contribution < 1.29 is 23.9 Å². The van der Waals surface area contributed by atoms with Crippen LogP contribution >= 0.6 is 0 Å². The third-order valence-electron chi connectivity index (χ3n) is 4.62. The molecule has 0 aliphatic carbocycles. The lowest BCUT2D eigenvalue weighted by atomic mass is 10.1. The molecule has 8 heteroatoms. The lowest BCUT2D eigenvalue weighted by Crippen LogP contribution is -2.44. The molecule has 160 valence electrons. The van der Waals surface area contributed by atoms with Gasteiger partial charge in [-0.05, 0) is 42.8 Å². The standard InChI is InChI=1S/C23H23N3O5/c1-16-12-13-24-26(16)19-10-8-18(9-11-19)22(28)31-15-21(27)25-20(23(29)30-2)14-17-6-4-3-5-7-17/h3-13,20H,14-15H2,1-2H3,(H,25,27)/t20-/m0/s1. The molecular weight excluding hydrogens is 398 g/mol. The van der Waals surface area contributed by atoms with Gasteiger partial charge in [-0.2, -0.15) is 5.10 Å². The minimum atomic E-state index is -0.879. The molecule has 0 bridgehead atoms. The normalized spacial score (nSPS) is 11.4. The van der Waals surface area contributed by atoms with E-state index in [1.54, 1.807) is 35.1 Å². The van der Waals surface area contributed by atoms with Crippen LogP contribution in [0.15, 0.2) is 66.9 Å². The van der Waals surface area contributed by atoms with E-state index in [-0.39, 0.29) is 6.42 Å². The fourth-order valence-corrected chi connectivity index (χ4v) is 3.01. The molecular formula is C23H23N3O5. The first-order valence-electron chi connectivity index (χ1n) is 9.67. The smallest absolute Gasteiger partial charge is 0.338 e. The summed E-state index contributed by atoms with van der Waals surface area (Å²) in [5.41, 5.74) is 2.93. The first-order valence-corrected chi connectivity index (χ1v) is 9.67. The minimum absolute atomic E-state index is 0.265. The Labute approximate surface area is 179 Å². The molecule has 0 fully saturated rings. The second kappa shape index (κ2) is 10.2. The second-order valence-corrected chi connectivity index (χ2v) is 6.84. The largest absolute Gasteiger partial charge is 0.467 e. The predicted octanol–water partition coefficient (Wildman–Crippen LogP) is 2.24. The van der Waals surface area contributed by atoms with E-state index in [0.717, 1.165) is 16.9 Å². The highest BCUT2D eigenvalue weighted by Gasteiger charge is 2.22. The van der Waals surface area contributed by atoms with Gasteiger partial charge in [-0.1, -0.05) is 30.3 Å². The van der Waals surface area contributed by atoms with Crippen molar-refractivity contribution in [2.24, 2.45) is 0 Å². The first kappa shape index (κ1) is 21.8. The first-order chi connectivity index (χ1) is 15.0. The summed E-state index contributed by atoms with van der Waals surface area (Å²) in [6.45, 7) is 1.41. The van der Waals surface area contributed by atoms with Gasteiger partial charge in [0.1, 0.15) is 6.04 Å². The van der Waals surface area contributed by atoms with Gasteiger partial charge in [-0.25, -0.2) is 14.3 Å². The molecule has 1 amide bonds. The molecule has 0 spiro atoms. The number of esters is 2. The summed E-state index contributed by atoms with van der Waals surface area (Å²) in [5, 5.41) is 6.76. The van der Waals surface area contributed by atoms with Crippen LogP contribution in [0.25, 0.3) is 5.69 Å². The number of benzene rings is 2. The molecule has 2 aromatic carbocycles. The number of carbonyl (C=O) groups is 3. The summed E-state index contributed by atoms with van der Waals surface area (Å²) in [6.07, 6.45) is 1.96. The van der Waals surface area contributed by atoms with E-state index in [9.17, 15) is 14.4 Å². The summed E-state index contributed by atoms with van der Waals surface area (Å²) in [5.74, 6) is -1.81. The Balaban J connectivity index is 1.55. The van der Waals surface area contributed by atoms with Crippen LogP contribution in [0.1, 0.15) is 21.6 Å². The van der Waals surface area contributed by atoms with Crippen molar-refractivity contribution in [2.45, 2.75) is 19.4 Å². The van der Waals surface area contributed by atoms with Crippen LogP contribution in [0.4, 0.5) is 0 Å². The van der Waals surface area contributed by atoms with Crippen molar-refractivity contribution in [1.29, 1.82) is 0 Å². The average molecular weight is 421 g/mol. The Morgan fingerprint density at radius 3 is 2.35 bits per heavy atom. The van der Waals surface area contributed by atoms with Gasteiger partial charge in [0.25, 0.3) is 5.91 Å². The van der Waals surface area contributed by atoms with Crippen LogP contribution in [-0.4, -0.2) is 47.4 Å². The van der Waals surface area contributed by atoms with Crippen molar-refractivity contribution in [3.8, 4) is 5.69 Å². The Hall–Kier alpha value is -3.94. The van der Waals surface area contributed by atoms with Gasteiger partial charge < -0.3 is 14.8 Å². The third-order valence-corrected chi connectivity index (χ3v) is 4.62. The van der Waals surface area contributed by atoms with Crippen LogP contribution in [0, 0.1) is 6.92 Å². The lowest BCUT2D eigenvalue weighted by molar-refractivity contribution is -0.145. The number of hydrogen-bond donors (Lipinski definition) is 1. The van der Waals surface area contributed by atoms with Crippen molar-refractivity contribution in [3.05, 3.63) is 83.7 Å². The molecule has 0 saturated heterocycles. The maximum Gasteiger partial charge on any atom is 0.338 e. The number of ether oxygens (including phenoxy) is 2. The number of nitrogens with zero attached hydrogens (tertiary/aromatic N) is 2. The van der Waals surface area contributed by atoms with Crippen LogP contribution in [0.3, 0.4) is 0 Å². The number of carbonyl (C=O) groups excluding carboxylic acids is 3. The van der Waals surface area contributed by atoms with E-state index in [2.05, 4.69) is 10.4 Å². The Kier molecular flexibility index (Phi) is 7.16. The predicted molar refractivity (Wildman–Crippen MR) is 113 cm³/mol. The summed E-state index contributed by atoms with van der Waals surface area (Å²) in [7, 11) is 1.25. The zero-order chi connectivity index (χ0) is 22.2. The molecule has 1 atom stereocenters. The summed E-state index contributed by atoms with van der Waals surface area (Å²) < 4.78 is 11.6. The van der Waals surface area contributed by atoms with E-state index in [0.29, 0.717) is 5.56 Å². The molecule has 0 saturated carbocycles. The van der Waals surface area contributed by atoms with Gasteiger partial charge in [-0.3, -0.25) is 4.79 Å². The van der Waals surface area contributed by atoms with Crippen molar-refractivity contribution in [1.82, 2.24) is 15.1 Å². The van der Waals surface area contributed by atoms with Crippen molar-refractivity contribution in [2.75, 3.05) is 13.7 Å². The zero-order valence-corrected chi connectivity index (χ0v) is 17.3. The van der Waals surface area contributed by atoms with Crippen LogP contribution < -0.4 is 5.32 Å². The van der Waals surface area contributed by atoms with Crippen LogP contribution in [0.2, 0.25) is 0 Å². The van der Waals surface area contributed by atoms with E-state index in [1.165, 1.54) is 7.11 Å². The summed E-state index contributed by atoms with van der Waals surface area (Å²) in [6, 6.07) is 16.9. The molecule has 31 heavy (non-hydrogen) atoms. The van der Waals surface area contributed by atoms with E-state index in [4.69, 9.17) is 9.47 Å². The second-order valence-electron chi connectivity index (χ2n) is 6.84. The van der Waals surface area contributed by atoms with Gasteiger partial charge in [-0.15, -0.1) is 0 Å². The number of amides is 1. The van der Waals surface area contributed by atoms with Gasteiger partial charge in [0, 0.05) is 18.3 Å². The van der Waals surface area contributed by atoms with Crippen molar-refractivity contribution >= 4 is 17.8 Å². The SMILES string of the molecule is COC(=O)[C@H](Cc1ccccc1)NC(=O)COC(=O)c1ccc(-n2nccc2C)cc1. The number of nitrogens with one attached hydrogen (secondary N) is 1. The average Bonchev–Trinajstić information content (AvgIpc) is 3.23. The Morgan fingerprint density at radius 2 is 1.74 bits per heavy atom. The fraction of sp³-hybridized carbons (Fsp3) is 0.217. The number of rotatable bonds is 8.